The molecule has 0 aliphatic carbocycles. The van der Waals surface area contributed by atoms with Gasteiger partial charge in [0, 0.05) is 25.2 Å². The van der Waals surface area contributed by atoms with Gasteiger partial charge < -0.3 is 20.1 Å². The highest BCUT2D eigenvalue weighted by Crippen LogP contribution is 2.17. The van der Waals surface area contributed by atoms with E-state index in [2.05, 4.69) is 5.32 Å². The van der Waals surface area contributed by atoms with E-state index in [4.69, 9.17) is 9.84 Å². The van der Waals surface area contributed by atoms with E-state index in [1.54, 1.807) is 4.90 Å². The van der Waals surface area contributed by atoms with Crippen molar-refractivity contribution in [3.8, 4) is 0 Å². The van der Waals surface area contributed by atoms with Gasteiger partial charge in [0.2, 0.25) is 0 Å². The minimum atomic E-state index is -0.836. The lowest BCUT2D eigenvalue weighted by atomic mass is 10.1. The first kappa shape index (κ1) is 18.7. The van der Waals surface area contributed by atoms with Crippen molar-refractivity contribution in [2.24, 2.45) is 0 Å². The third-order valence-corrected chi connectivity index (χ3v) is 2.45. The molecule has 0 aromatic heterocycles. The number of nitrogens with zero attached hydrogens (tertiary/aromatic N) is 1. The van der Waals surface area contributed by atoms with Crippen molar-refractivity contribution in [3.63, 3.8) is 0 Å². The average molecular weight is 288 g/mol. The number of carboxylic acid groups (broad SMARTS) is 1. The Kier molecular flexibility index (Phi) is 6.99. The van der Waals surface area contributed by atoms with Gasteiger partial charge in [-0.25, -0.2) is 4.79 Å². The van der Waals surface area contributed by atoms with Crippen LogP contribution < -0.4 is 5.32 Å². The number of carbonyl (C=O) groups excluding carboxylic acids is 1. The average Bonchev–Trinajstić information content (AvgIpc) is 2.17. The van der Waals surface area contributed by atoms with Crippen LogP contribution in [-0.4, -0.2) is 52.8 Å². The predicted octanol–water partition coefficient (Wildman–Crippen LogP) is 2.09. The summed E-state index contributed by atoms with van der Waals surface area (Å²) in [6.07, 6.45) is -0.285. The first-order valence-corrected chi connectivity index (χ1v) is 6.86. The SMILES string of the molecule is CC(C)(C)OC(=O)N(CCNCCC(=O)O)C(C)(C)C. The number of rotatable bonds is 6. The molecule has 0 aliphatic heterocycles. The molecule has 1 amide bonds. The second-order valence-corrected chi connectivity index (χ2v) is 6.70. The lowest BCUT2D eigenvalue weighted by molar-refractivity contribution is -0.136. The Morgan fingerprint density at radius 2 is 1.65 bits per heavy atom. The number of carbonyl (C=O) groups is 2. The zero-order valence-corrected chi connectivity index (χ0v) is 13.4. The molecular weight excluding hydrogens is 260 g/mol. The molecular formula is C14H28N2O4. The van der Waals surface area contributed by atoms with E-state index < -0.39 is 11.6 Å². The summed E-state index contributed by atoms with van der Waals surface area (Å²) in [5, 5.41) is 11.5. The minimum Gasteiger partial charge on any atom is -0.481 e. The smallest absolute Gasteiger partial charge is 0.410 e. The van der Waals surface area contributed by atoms with Crippen LogP contribution in [-0.2, 0) is 9.53 Å². The summed E-state index contributed by atoms with van der Waals surface area (Å²) in [6, 6.07) is 0. The maximum atomic E-state index is 12.2. The van der Waals surface area contributed by atoms with E-state index in [0.29, 0.717) is 19.6 Å². The van der Waals surface area contributed by atoms with Crippen LogP contribution in [0, 0.1) is 0 Å². The molecule has 6 nitrogen and oxygen atoms in total. The second kappa shape index (κ2) is 7.47. The van der Waals surface area contributed by atoms with E-state index in [1.807, 2.05) is 41.5 Å². The van der Waals surface area contributed by atoms with Crippen molar-refractivity contribution in [2.45, 2.75) is 59.1 Å². The van der Waals surface area contributed by atoms with E-state index in [-0.39, 0.29) is 18.1 Å². The normalized spacial score (nSPS) is 12.1. The molecule has 0 saturated heterocycles. The lowest BCUT2D eigenvalue weighted by Gasteiger charge is -2.36. The van der Waals surface area contributed by atoms with Crippen LogP contribution in [0.25, 0.3) is 0 Å². The van der Waals surface area contributed by atoms with Crippen molar-refractivity contribution in [3.05, 3.63) is 0 Å². The molecule has 0 radical (unpaired) electrons. The summed E-state index contributed by atoms with van der Waals surface area (Å²) >= 11 is 0. The second-order valence-electron chi connectivity index (χ2n) is 6.70. The van der Waals surface area contributed by atoms with Gasteiger partial charge in [0.05, 0.1) is 6.42 Å². The van der Waals surface area contributed by atoms with Gasteiger partial charge in [0.15, 0.2) is 0 Å². The molecule has 6 heteroatoms. The van der Waals surface area contributed by atoms with Crippen LogP contribution in [0.5, 0.6) is 0 Å². The Morgan fingerprint density at radius 3 is 2.05 bits per heavy atom. The van der Waals surface area contributed by atoms with Crippen molar-refractivity contribution in [1.82, 2.24) is 10.2 Å². The third-order valence-electron chi connectivity index (χ3n) is 2.45. The topological polar surface area (TPSA) is 78.9 Å². The first-order valence-electron chi connectivity index (χ1n) is 6.86. The van der Waals surface area contributed by atoms with E-state index >= 15 is 0 Å². The van der Waals surface area contributed by atoms with Gasteiger partial charge >= 0.3 is 12.1 Å². The molecule has 0 fully saturated rings. The number of ether oxygens (including phenoxy) is 1. The molecule has 0 aromatic rings. The molecule has 2 N–H and O–H groups in total. The summed E-state index contributed by atoms with van der Waals surface area (Å²) in [5.41, 5.74) is -0.881. The molecule has 0 heterocycles. The summed E-state index contributed by atoms with van der Waals surface area (Å²) in [4.78, 5) is 24.2. The summed E-state index contributed by atoms with van der Waals surface area (Å²) in [5.74, 6) is -0.836. The van der Waals surface area contributed by atoms with E-state index in [0.717, 1.165) is 0 Å². The fraction of sp³-hybridized carbons (Fsp3) is 0.857. The van der Waals surface area contributed by atoms with Gasteiger partial charge in [-0.15, -0.1) is 0 Å². The molecule has 0 unspecified atom stereocenters. The molecule has 0 atom stereocenters. The number of carboxylic acids is 1. The first-order chi connectivity index (χ1) is 8.93. The Hall–Kier alpha value is -1.30. The summed E-state index contributed by atoms with van der Waals surface area (Å²) < 4.78 is 5.39. The molecule has 20 heavy (non-hydrogen) atoms. The van der Waals surface area contributed by atoms with Crippen LogP contribution in [0.3, 0.4) is 0 Å². The zero-order valence-electron chi connectivity index (χ0n) is 13.4. The van der Waals surface area contributed by atoms with Crippen molar-refractivity contribution in [1.29, 1.82) is 0 Å². The fourth-order valence-corrected chi connectivity index (χ4v) is 1.53. The highest BCUT2D eigenvalue weighted by atomic mass is 16.6. The van der Waals surface area contributed by atoms with Crippen molar-refractivity contribution in [2.75, 3.05) is 19.6 Å². The van der Waals surface area contributed by atoms with Crippen LogP contribution >= 0.6 is 0 Å². The fourth-order valence-electron chi connectivity index (χ4n) is 1.53. The Balaban J connectivity index is 4.38. The molecule has 0 spiro atoms. The Labute approximate surface area is 121 Å². The van der Waals surface area contributed by atoms with E-state index in [9.17, 15) is 9.59 Å². The van der Waals surface area contributed by atoms with Crippen LogP contribution in [0.2, 0.25) is 0 Å². The number of amides is 1. The number of aliphatic carboxylic acids is 1. The maximum absolute atomic E-state index is 12.2. The van der Waals surface area contributed by atoms with Gasteiger partial charge in [-0.2, -0.15) is 0 Å². The van der Waals surface area contributed by atoms with Gasteiger partial charge in [0.1, 0.15) is 5.60 Å². The highest BCUT2D eigenvalue weighted by molar-refractivity contribution is 5.69. The van der Waals surface area contributed by atoms with Crippen molar-refractivity contribution >= 4 is 12.1 Å². The number of hydrogen-bond donors (Lipinski definition) is 2. The molecule has 0 aliphatic rings. The molecule has 0 rings (SSSR count). The molecule has 0 bridgehead atoms. The van der Waals surface area contributed by atoms with Gasteiger partial charge in [-0.3, -0.25) is 4.79 Å². The quantitative estimate of drug-likeness (QED) is 0.732. The van der Waals surface area contributed by atoms with Crippen molar-refractivity contribution < 1.29 is 19.4 Å². The number of hydrogen-bond acceptors (Lipinski definition) is 4. The van der Waals surface area contributed by atoms with Gasteiger partial charge in [-0.05, 0) is 41.5 Å². The van der Waals surface area contributed by atoms with Crippen LogP contribution in [0.4, 0.5) is 4.79 Å². The molecule has 118 valence electrons. The predicted molar refractivity (Wildman–Crippen MR) is 77.8 cm³/mol. The molecule has 0 aromatic carbocycles. The van der Waals surface area contributed by atoms with Gasteiger partial charge in [0.25, 0.3) is 0 Å². The summed E-state index contributed by atoms with van der Waals surface area (Å²) in [7, 11) is 0. The largest absolute Gasteiger partial charge is 0.481 e. The minimum absolute atomic E-state index is 0.0714. The maximum Gasteiger partial charge on any atom is 0.410 e. The third kappa shape index (κ3) is 8.74. The van der Waals surface area contributed by atoms with Gasteiger partial charge in [-0.1, -0.05) is 0 Å². The Morgan fingerprint density at radius 1 is 1.10 bits per heavy atom. The highest BCUT2D eigenvalue weighted by Gasteiger charge is 2.30. The zero-order chi connectivity index (χ0) is 16.0. The van der Waals surface area contributed by atoms with Crippen LogP contribution in [0.1, 0.15) is 48.0 Å². The molecule has 0 saturated carbocycles. The van der Waals surface area contributed by atoms with E-state index in [1.165, 1.54) is 0 Å². The summed E-state index contributed by atoms with van der Waals surface area (Å²) in [6.45, 7) is 12.7. The Bertz CT molecular complexity index is 329. The number of nitrogens with one attached hydrogen (secondary N) is 1. The standard InChI is InChI=1S/C14H28N2O4/c1-13(2,3)16(12(19)20-14(4,5)6)10-9-15-8-7-11(17)18/h15H,7-10H2,1-6H3,(H,17,18). The monoisotopic (exact) mass is 288 g/mol. The lowest BCUT2D eigenvalue weighted by Crippen LogP contribution is -2.50. The van der Waals surface area contributed by atoms with Crippen LogP contribution in [0.15, 0.2) is 0 Å².